The highest BCUT2D eigenvalue weighted by molar-refractivity contribution is 8.18. The van der Waals surface area contributed by atoms with Crippen LogP contribution in [0.25, 0.3) is 16.8 Å². The Kier molecular flexibility index (Phi) is 5.45. The van der Waals surface area contributed by atoms with Gasteiger partial charge in [-0.2, -0.15) is 0 Å². The zero-order chi connectivity index (χ0) is 21.1. The maximum absolute atomic E-state index is 12.7. The van der Waals surface area contributed by atoms with Gasteiger partial charge in [0.2, 0.25) is 0 Å². The van der Waals surface area contributed by atoms with Crippen molar-refractivity contribution in [2.45, 2.75) is 6.54 Å². The highest BCUT2D eigenvalue weighted by atomic mass is 32.2. The van der Waals surface area contributed by atoms with Gasteiger partial charge in [0.25, 0.3) is 16.8 Å². The predicted octanol–water partition coefficient (Wildman–Crippen LogP) is 5.54. The predicted molar refractivity (Wildman–Crippen MR) is 118 cm³/mol. The number of nitrogens with zero attached hydrogens (tertiary/aromatic N) is 2. The quantitative estimate of drug-likeness (QED) is 0.310. The molecule has 0 bridgehead atoms. The van der Waals surface area contributed by atoms with Crippen molar-refractivity contribution in [3.63, 3.8) is 0 Å². The van der Waals surface area contributed by atoms with Crippen molar-refractivity contribution < 1.29 is 14.5 Å². The van der Waals surface area contributed by atoms with Crippen LogP contribution in [-0.4, -0.2) is 21.0 Å². The van der Waals surface area contributed by atoms with E-state index >= 15 is 0 Å². The van der Waals surface area contributed by atoms with Crippen molar-refractivity contribution in [2.24, 2.45) is 0 Å². The first kappa shape index (κ1) is 19.6. The number of hydrogen-bond acceptors (Lipinski definition) is 5. The van der Waals surface area contributed by atoms with Gasteiger partial charge in [-0.3, -0.25) is 24.6 Å². The number of non-ortho nitro benzene ring substituents is 1. The first-order valence-electron chi connectivity index (χ1n) is 9.15. The number of nitro groups is 1. The molecule has 148 valence electrons. The number of nitro benzene ring substituents is 1. The molecule has 6 nitrogen and oxygen atoms in total. The molecule has 4 rings (SSSR count). The molecule has 0 aliphatic carbocycles. The number of fused-ring (bicyclic) bond motifs is 1. The van der Waals surface area contributed by atoms with Gasteiger partial charge in [0, 0.05) is 12.1 Å². The molecule has 1 heterocycles. The summed E-state index contributed by atoms with van der Waals surface area (Å²) in [6.07, 6.45) is 4.83. The summed E-state index contributed by atoms with van der Waals surface area (Å²) in [4.78, 5) is 36.9. The largest absolute Gasteiger partial charge is 0.293 e. The van der Waals surface area contributed by atoms with Crippen LogP contribution >= 0.6 is 11.8 Å². The first-order valence-corrected chi connectivity index (χ1v) is 9.97. The number of imide groups is 1. The fourth-order valence-corrected chi connectivity index (χ4v) is 3.95. The molecule has 3 aromatic carbocycles. The summed E-state index contributed by atoms with van der Waals surface area (Å²) >= 11 is 0.887. The first-order chi connectivity index (χ1) is 14.5. The molecule has 1 aliphatic rings. The molecule has 7 heteroatoms. The molecular formula is C23H16N2O4S. The summed E-state index contributed by atoms with van der Waals surface area (Å²) in [6, 6.07) is 19.9. The standard InChI is InChI=1S/C23H16N2O4S/c26-22-21(10-4-6-16-5-3-9-20(14-16)25(28)29)30-23(27)24(22)15-17-11-12-18-7-1-2-8-19(18)13-17/h1-14H,15H2/b6-4+,21-10-. The van der Waals surface area contributed by atoms with Crippen molar-refractivity contribution >= 4 is 45.4 Å². The van der Waals surface area contributed by atoms with E-state index in [0.717, 1.165) is 28.1 Å². The van der Waals surface area contributed by atoms with Crippen molar-refractivity contribution in [3.8, 4) is 0 Å². The summed E-state index contributed by atoms with van der Waals surface area (Å²) in [5, 5.41) is 12.7. The van der Waals surface area contributed by atoms with E-state index in [9.17, 15) is 19.7 Å². The molecule has 0 atom stereocenters. The number of rotatable bonds is 5. The van der Waals surface area contributed by atoms with E-state index in [1.807, 2.05) is 42.5 Å². The van der Waals surface area contributed by atoms with Gasteiger partial charge in [0.05, 0.1) is 16.4 Å². The van der Waals surface area contributed by atoms with Crippen LogP contribution in [0.2, 0.25) is 0 Å². The Hall–Kier alpha value is -3.71. The van der Waals surface area contributed by atoms with E-state index in [0.29, 0.717) is 10.5 Å². The highest BCUT2D eigenvalue weighted by Gasteiger charge is 2.34. The van der Waals surface area contributed by atoms with Crippen LogP contribution in [0.1, 0.15) is 11.1 Å². The van der Waals surface area contributed by atoms with E-state index in [1.165, 1.54) is 17.0 Å². The molecule has 30 heavy (non-hydrogen) atoms. The number of allylic oxidation sites excluding steroid dienone is 2. The molecule has 3 aromatic rings. The van der Waals surface area contributed by atoms with Crippen LogP contribution < -0.4 is 0 Å². The van der Waals surface area contributed by atoms with Crippen LogP contribution in [0.15, 0.2) is 83.8 Å². The second-order valence-corrected chi connectivity index (χ2v) is 7.68. The molecule has 0 spiro atoms. The molecule has 1 fully saturated rings. The summed E-state index contributed by atoms with van der Waals surface area (Å²) in [5.41, 5.74) is 1.51. The summed E-state index contributed by atoms with van der Waals surface area (Å²) in [5.74, 6) is -0.346. The normalized spacial score (nSPS) is 15.6. The third-order valence-electron chi connectivity index (χ3n) is 4.65. The Labute approximate surface area is 176 Å². The zero-order valence-corrected chi connectivity index (χ0v) is 16.5. The fraction of sp³-hybridized carbons (Fsp3) is 0.0435. The van der Waals surface area contributed by atoms with E-state index in [-0.39, 0.29) is 23.4 Å². The average Bonchev–Trinajstić information content (AvgIpc) is 3.01. The van der Waals surface area contributed by atoms with Gasteiger partial charge in [-0.1, -0.05) is 60.7 Å². The molecule has 2 amide bonds. The van der Waals surface area contributed by atoms with E-state index in [2.05, 4.69) is 0 Å². The molecule has 0 N–H and O–H groups in total. The molecule has 1 saturated heterocycles. The van der Waals surface area contributed by atoms with Crippen LogP contribution in [0, 0.1) is 10.1 Å². The molecule has 0 saturated carbocycles. The van der Waals surface area contributed by atoms with Crippen LogP contribution in [0.5, 0.6) is 0 Å². The Morgan fingerprint density at radius 1 is 0.967 bits per heavy atom. The van der Waals surface area contributed by atoms with Gasteiger partial charge in [-0.15, -0.1) is 0 Å². The van der Waals surface area contributed by atoms with Gasteiger partial charge in [0.1, 0.15) is 0 Å². The number of hydrogen-bond donors (Lipinski definition) is 0. The molecule has 1 aliphatic heterocycles. The minimum Gasteiger partial charge on any atom is -0.268 e. The molecule has 0 radical (unpaired) electrons. The summed E-state index contributed by atoms with van der Waals surface area (Å²) in [6.45, 7) is 0.210. The van der Waals surface area contributed by atoms with Crippen LogP contribution in [0.3, 0.4) is 0 Å². The Morgan fingerprint density at radius 3 is 2.57 bits per heavy atom. The van der Waals surface area contributed by atoms with E-state index in [4.69, 9.17) is 0 Å². The van der Waals surface area contributed by atoms with Gasteiger partial charge in [-0.05, 0) is 45.8 Å². The summed E-state index contributed by atoms with van der Waals surface area (Å²) in [7, 11) is 0. The maximum Gasteiger partial charge on any atom is 0.293 e. The average molecular weight is 416 g/mol. The minimum atomic E-state index is -0.463. The second kappa shape index (κ2) is 8.34. The van der Waals surface area contributed by atoms with Gasteiger partial charge < -0.3 is 0 Å². The lowest BCUT2D eigenvalue weighted by molar-refractivity contribution is -0.384. The third kappa shape index (κ3) is 4.16. The minimum absolute atomic E-state index is 0.00661. The van der Waals surface area contributed by atoms with Crippen molar-refractivity contribution in [1.82, 2.24) is 4.90 Å². The molecule has 0 aromatic heterocycles. The SMILES string of the molecule is O=C1S/C(=C\C=C\c2cccc([N+](=O)[O-])c2)C(=O)N1Cc1ccc2ccccc2c1. The third-order valence-corrected chi connectivity index (χ3v) is 5.57. The van der Waals surface area contributed by atoms with Crippen LogP contribution in [-0.2, 0) is 11.3 Å². The maximum atomic E-state index is 12.7. The number of benzene rings is 3. The number of carbonyl (C=O) groups is 2. The van der Waals surface area contributed by atoms with Gasteiger partial charge in [-0.25, -0.2) is 0 Å². The van der Waals surface area contributed by atoms with Crippen molar-refractivity contribution in [2.75, 3.05) is 0 Å². The topological polar surface area (TPSA) is 80.5 Å². The molecular weight excluding hydrogens is 400 g/mol. The smallest absolute Gasteiger partial charge is 0.268 e. The van der Waals surface area contributed by atoms with Crippen molar-refractivity contribution in [3.05, 3.63) is 105 Å². The van der Waals surface area contributed by atoms with Gasteiger partial charge >= 0.3 is 0 Å². The zero-order valence-electron chi connectivity index (χ0n) is 15.7. The Morgan fingerprint density at radius 2 is 1.77 bits per heavy atom. The number of thioether (sulfide) groups is 1. The second-order valence-electron chi connectivity index (χ2n) is 6.68. The monoisotopic (exact) mass is 416 g/mol. The van der Waals surface area contributed by atoms with Crippen molar-refractivity contribution in [1.29, 1.82) is 0 Å². The Bertz CT molecular complexity index is 1230. The molecule has 0 unspecified atom stereocenters. The van der Waals surface area contributed by atoms with Gasteiger partial charge in [0.15, 0.2) is 0 Å². The number of carbonyl (C=O) groups excluding carboxylic acids is 2. The Balaban J connectivity index is 1.49. The number of amides is 2. The highest BCUT2D eigenvalue weighted by Crippen LogP contribution is 2.32. The summed E-state index contributed by atoms with van der Waals surface area (Å²) < 4.78 is 0. The lowest BCUT2D eigenvalue weighted by Gasteiger charge is -2.13. The lowest BCUT2D eigenvalue weighted by atomic mass is 10.1. The fourth-order valence-electron chi connectivity index (χ4n) is 3.16. The lowest BCUT2D eigenvalue weighted by Crippen LogP contribution is -2.27. The van der Waals surface area contributed by atoms with Crippen LogP contribution in [0.4, 0.5) is 10.5 Å². The van der Waals surface area contributed by atoms with E-state index in [1.54, 1.807) is 30.4 Å². The van der Waals surface area contributed by atoms with E-state index < -0.39 is 4.92 Å².